The predicted molar refractivity (Wildman–Crippen MR) is 86.5 cm³/mol. The second kappa shape index (κ2) is 11.4. The zero-order valence-electron chi connectivity index (χ0n) is 13.8. The van der Waals surface area contributed by atoms with Crippen LogP contribution in [0.5, 0.6) is 0 Å². The summed E-state index contributed by atoms with van der Waals surface area (Å²) in [6.45, 7) is 2.09. The summed E-state index contributed by atoms with van der Waals surface area (Å²) in [7, 11) is 0. The van der Waals surface area contributed by atoms with Crippen LogP contribution in [-0.2, 0) is 14.3 Å². The lowest BCUT2D eigenvalue weighted by Gasteiger charge is -2.16. The van der Waals surface area contributed by atoms with Crippen LogP contribution in [0.25, 0.3) is 0 Å². The number of aliphatic hydroxyl groups is 1. The van der Waals surface area contributed by atoms with Crippen LogP contribution in [0.4, 0.5) is 0 Å². The molecule has 0 spiro atoms. The molecular formula is C18H30O4. The highest BCUT2D eigenvalue weighted by Gasteiger charge is 2.20. The Morgan fingerprint density at radius 1 is 1.14 bits per heavy atom. The molecule has 0 bridgehead atoms. The minimum Gasteiger partial charge on any atom is -0.454 e. The summed E-state index contributed by atoms with van der Waals surface area (Å²) in [5.41, 5.74) is 0. The molecule has 1 aliphatic heterocycles. The molecule has 126 valence electrons. The number of ketones is 1. The Labute approximate surface area is 133 Å². The van der Waals surface area contributed by atoms with Gasteiger partial charge in [0, 0.05) is 6.42 Å². The van der Waals surface area contributed by atoms with E-state index in [1.54, 1.807) is 0 Å². The molecule has 1 rings (SSSR count). The molecule has 0 aromatic heterocycles. The van der Waals surface area contributed by atoms with Crippen molar-refractivity contribution in [3.05, 3.63) is 12.2 Å². The Morgan fingerprint density at radius 3 is 2.64 bits per heavy atom. The van der Waals surface area contributed by atoms with Crippen molar-refractivity contribution in [3.8, 4) is 0 Å². The van der Waals surface area contributed by atoms with Gasteiger partial charge in [-0.05, 0) is 31.8 Å². The number of ether oxygens (including phenoxy) is 1. The van der Waals surface area contributed by atoms with Crippen molar-refractivity contribution in [3.63, 3.8) is 0 Å². The van der Waals surface area contributed by atoms with E-state index in [1.165, 1.54) is 12.2 Å². The molecule has 2 atom stereocenters. The third kappa shape index (κ3) is 8.32. The van der Waals surface area contributed by atoms with E-state index in [4.69, 9.17) is 4.74 Å². The smallest absolute Gasteiger partial charge is 0.306 e. The van der Waals surface area contributed by atoms with Gasteiger partial charge in [0.15, 0.2) is 11.9 Å². The number of esters is 1. The summed E-state index contributed by atoms with van der Waals surface area (Å²) < 4.78 is 5.37. The molecule has 0 aromatic carbocycles. The summed E-state index contributed by atoms with van der Waals surface area (Å²) in [5.74, 6) is -0.485. The zero-order chi connectivity index (χ0) is 16.2. The number of hydrogen-bond donors (Lipinski definition) is 1. The quantitative estimate of drug-likeness (QED) is 0.635. The third-order valence-corrected chi connectivity index (χ3v) is 4.02. The van der Waals surface area contributed by atoms with Crippen molar-refractivity contribution in [1.29, 1.82) is 0 Å². The zero-order valence-corrected chi connectivity index (χ0v) is 13.8. The average molecular weight is 310 g/mol. The molecule has 0 radical (unpaired) electrons. The first-order chi connectivity index (χ1) is 10.6. The number of carbonyl (C=O) groups excluding carboxylic acids is 2. The maximum atomic E-state index is 12.2. The van der Waals surface area contributed by atoms with Crippen LogP contribution < -0.4 is 0 Å². The molecule has 1 heterocycles. The normalized spacial score (nSPS) is 27.0. The lowest BCUT2D eigenvalue weighted by Crippen LogP contribution is -2.26. The van der Waals surface area contributed by atoms with E-state index < -0.39 is 12.2 Å². The van der Waals surface area contributed by atoms with Crippen molar-refractivity contribution < 1.29 is 19.4 Å². The molecule has 1 aliphatic rings. The number of carbonyl (C=O) groups is 2. The largest absolute Gasteiger partial charge is 0.454 e. The van der Waals surface area contributed by atoms with Crippen molar-refractivity contribution >= 4 is 11.8 Å². The molecule has 1 N–H and O–H groups in total. The number of cyclic esters (lactones) is 1. The van der Waals surface area contributed by atoms with Gasteiger partial charge in [0.05, 0.1) is 6.10 Å². The minimum atomic E-state index is -0.689. The number of rotatable bonds is 4. The van der Waals surface area contributed by atoms with E-state index in [1.807, 2.05) is 0 Å². The van der Waals surface area contributed by atoms with E-state index in [2.05, 4.69) is 6.92 Å². The number of aliphatic hydroxyl groups excluding tert-OH is 1. The van der Waals surface area contributed by atoms with E-state index in [0.717, 1.165) is 51.4 Å². The van der Waals surface area contributed by atoms with Gasteiger partial charge >= 0.3 is 5.97 Å². The highest BCUT2D eigenvalue weighted by atomic mass is 16.5. The Kier molecular flexibility index (Phi) is 9.80. The molecule has 4 nitrogen and oxygen atoms in total. The van der Waals surface area contributed by atoms with Crippen LogP contribution in [0.1, 0.15) is 77.6 Å². The van der Waals surface area contributed by atoms with E-state index in [0.29, 0.717) is 19.3 Å². The summed E-state index contributed by atoms with van der Waals surface area (Å²) >= 11 is 0. The summed E-state index contributed by atoms with van der Waals surface area (Å²) in [4.78, 5) is 24.1. The standard InChI is InChI=1S/C18H30O4/c1-2-3-7-11-17-16(20)14-13-15(19)10-8-5-4-6-9-12-18(21)22-17/h13-15,17,19H,2-12H2,1H3/b14-13+/t15-,17?/m1/s1. The highest BCUT2D eigenvalue weighted by molar-refractivity contribution is 5.94. The van der Waals surface area contributed by atoms with Crippen LogP contribution >= 0.6 is 0 Å². The molecule has 0 amide bonds. The van der Waals surface area contributed by atoms with Crippen LogP contribution in [-0.4, -0.2) is 29.1 Å². The Bertz CT molecular complexity index is 362. The van der Waals surface area contributed by atoms with Gasteiger partial charge < -0.3 is 9.84 Å². The summed E-state index contributed by atoms with van der Waals surface area (Å²) in [5, 5.41) is 9.84. The second-order valence-electron chi connectivity index (χ2n) is 6.11. The Hall–Kier alpha value is -1.16. The number of hydrogen-bond acceptors (Lipinski definition) is 4. The van der Waals surface area contributed by atoms with Crippen LogP contribution in [0.2, 0.25) is 0 Å². The maximum Gasteiger partial charge on any atom is 0.306 e. The Balaban J connectivity index is 2.66. The predicted octanol–water partition coefficient (Wildman–Crippen LogP) is 3.71. The molecular weight excluding hydrogens is 280 g/mol. The monoisotopic (exact) mass is 310 g/mol. The lowest BCUT2D eigenvalue weighted by atomic mass is 10.0. The van der Waals surface area contributed by atoms with E-state index in [9.17, 15) is 14.7 Å². The second-order valence-corrected chi connectivity index (χ2v) is 6.11. The summed E-state index contributed by atoms with van der Waals surface area (Å²) in [6.07, 6.45) is 11.1. The van der Waals surface area contributed by atoms with Gasteiger partial charge in [-0.15, -0.1) is 0 Å². The molecule has 0 saturated carbocycles. The van der Waals surface area contributed by atoms with E-state index >= 15 is 0 Å². The Morgan fingerprint density at radius 2 is 1.86 bits per heavy atom. The average Bonchev–Trinajstić information content (AvgIpc) is 2.50. The molecule has 22 heavy (non-hydrogen) atoms. The SMILES string of the molecule is CCCCCC1OC(=O)CCCCCCC[C@@H](O)/C=C/C1=O. The first-order valence-corrected chi connectivity index (χ1v) is 8.73. The fourth-order valence-corrected chi connectivity index (χ4v) is 2.62. The fourth-order valence-electron chi connectivity index (χ4n) is 2.62. The van der Waals surface area contributed by atoms with Crippen molar-refractivity contribution in [1.82, 2.24) is 0 Å². The van der Waals surface area contributed by atoms with Crippen molar-refractivity contribution in [2.45, 2.75) is 89.8 Å². The number of unbranched alkanes of at least 4 members (excludes halogenated alkanes) is 2. The van der Waals surface area contributed by atoms with Gasteiger partial charge in [-0.1, -0.05) is 51.5 Å². The lowest BCUT2D eigenvalue weighted by molar-refractivity contribution is -0.154. The molecule has 0 aromatic rings. The molecule has 4 heteroatoms. The van der Waals surface area contributed by atoms with Gasteiger partial charge in [0.25, 0.3) is 0 Å². The molecule has 1 unspecified atom stereocenters. The fraction of sp³-hybridized carbons (Fsp3) is 0.778. The first-order valence-electron chi connectivity index (χ1n) is 8.73. The van der Waals surface area contributed by atoms with Crippen molar-refractivity contribution in [2.24, 2.45) is 0 Å². The maximum absolute atomic E-state index is 12.2. The van der Waals surface area contributed by atoms with Gasteiger partial charge in [0.2, 0.25) is 0 Å². The molecule has 0 aliphatic carbocycles. The van der Waals surface area contributed by atoms with Crippen LogP contribution in [0.15, 0.2) is 12.2 Å². The van der Waals surface area contributed by atoms with Crippen LogP contribution in [0.3, 0.4) is 0 Å². The molecule has 0 saturated heterocycles. The first kappa shape index (κ1) is 18.9. The third-order valence-electron chi connectivity index (χ3n) is 4.02. The highest BCUT2D eigenvalue weighted by Crippen LogP contribution is 2.14. The van der Waals surface area contributed by atoms with E-state index in [-0.39, 0.29) is 11.8 Å². The summed E-state index contributed by atoms with van der Waals surface area (Å²) in [6, 6.07) is 0. The molecule has 0 fully saturated rings. The van der Waals surface area contributed by atoms with Gasteiger partial charge in [0.1, 0.15) is 0 Å². The van der Waals surface area contributed by atoms with Gasteiger partial charge in [-0.25, -0.2) is 0 Å². The van der Waals surface area contributed by atoms with Gasteiger partial charge in [-0.2, -0.15) is 0 Å². The minimum absolute atomic E-state index is 0.208. The van der Waals surface area contributed by atoms with Gasteiger partial charge in [-0.3, -0.25) is 9.59 Å². The topological polar surface area (TPSA) is 63.6 Å². The van der Waals surface area contributed by atoms with Crippen molar-refractivity contribution in [2.75, 3.05) is 0 Å². The van der Waals surface area contributed by atoms with Crippen LogP contribution in [0, 0.1) is 0 Å².